The molecular weight excluding hydrogens is 368 g/mol. The van der Waals surface area contributed by atoms with E-state index in [1.807, 2.05) is 6.92 Å². The van der Waals surface area contributed by atoms with E-state index in [0.717, 1.165) is 5.56 Å². The van der Waals surface area contributed by atoms with E-state index in [4.69, 9.17) is 9.15 Å². The number of benzene rings is 2. The van der Waals surface area contributed by atoms with E-state index in [-0.39, 0.29) is 10.7 Å². The third kappa shape index (κ3) is 4.29. The number of methoxy groups -OCH3 is 1. The fraction of sp³-hybridized carbons (Fsp3) is 0.105. The van der Waals surface area contributed by atoms with Crippen molar-refractivity contribution in [3.05, 3.63) is 72.2 Å². The van der Waals surface area contributed by atoms with E-state index in [1.54, 1.807) is 24.3 Å². The van der Waals surface area contributed by atoms with Crippen molar-refractivity contribution in [1.82, 2.24) is 0 Å². The number of ether oxygens (including phenoxy) is 1. The number of hydrogen-bond donors (Lipinski definition) is 2. The van der Waals surface area contributed by atoms with Gasteiger partial charge in [0.2, 0.25) is 0 Å². The summed E-state index contributed by atoms with van der Waals surface area (Å²) in [6.07, 6.45) is 1.40. The summed E-state index contributed by atoms with van der Waals surface area (Å²) in [7, 11) is -2.31. The van der Waals surface area contributed by atoms with Gasteiger partial charge in [0.1, 0.15) is 5.75 Å². The topological polar surface area (TPSA) is 97.6 Å². The third-order valence-electron chi connectivity index (χ3n) is 3.78. The van der Waals surface area contributed by atoms with Crippen molar-refractivity contribution in [3.63, 3.8) is 0 Å². The van der Waals surface area contributed by atoms with E-state index in [0.29, 0.717) is 17.1 Å². The lowest BCUT2D eigenvalue weighted by atomic mass is 10.2. The lowest BCUT2D eigenvalue weighted by molar-refractivity contribution is 0.0996. The third-order valence-corrected chi connectivity index (χ3v) is 5.18. The van der Waals surface area contributed by atoms with Gasteiger partial charge in [-0.3, -0.25) is 9.52 Å². The summed E-state index contributed by atoms with van der Waals surface area (Å²) in [5.41, 5.74) is 1.66. The predicted molar refractivity (Wildman–Crippen MR) is 102 cm³/mol. The molecule has 140 valence electrons. The Morgan fingerprint density at radius 2 is 1.81 bits per heavy atom. The maximum atomic E-state index is 12.5. The lowest BCUT2D eigenvalue weighted by Gasteiger charge is -2.13. The fourth-order valence-electron chi connectivity index (χ4n) is 2.38. The molecule has 2 aromatic carbocycles. The lowest BCUT2D eigenvalue weighted by Crippen LogP contribution is -2.14. The van der Waals surface area contributed by atoms with Crippen molar-refractivity contribution in [2.75, 3.05) is 17.1 Å². The summed E-state index contributed by atoms with van der Waals surface area (Å²) >= 11 is 0. The first kappa shape index (κ1) is 18.5. The summed E-state index contributed by atoms with van der Waals surface area (Å²) in [5.74, 6) is 0.0199. The Balaban J connectivity index is 1.81. The van der Waals surface area contributed by atoms with Crippen molar-refractivity contribution >= 4 is 27.3 Å². The smallest absolute Gasteiger partial charge is 0.291 e. The van der Waals surface area contributed by atoms with Gasteiger partial charge in [0.05, 0.1) is 29.6 Å². The molecule has 8 heteroatoms. The average Bonchev–Trinajstić information content (AvgIpc) is 3.18. The molecule has 1 heterocycles. The number of rotatable bonds is 6. The number of anilines is 2. The van der Waals surface area contributed by atoms with Crippen LogP contribution in [0.2, 0.25) is 0 Å². The first-order valence-corrected chi connectivity index (χ1v) is 9.50. The molecule has 0 saturated heterocycles. The Hall–Kier alpha value is -3.26. The highest BCUT2D eigenvalue weighted by Crippen LogP contribution is 2.29. The van der Waals surface area contributed by atoms with Crippen molar-refractivity contribution in [2.45, 2.75) is 11.8 Å². The van der Waals surface area contributed by atoms with Crippen LogP contribution in [0.15, 0.2) is 70.2 Å². The highest BCUT2D eigenvalue weighted by molar-refractivity contribution is 7.92. The largest absolute Gasteiger partial charge is 0.494 e. The molecule has 0 radical (unpaired) electrons. The van der Waals surface area contributed by atoms with Crippen LogP contribution in [0.1, 0.15) is 16.1 Å². The summed E-state index contributed by atoms with van der Waals surface area (Å²) in [6.45, 7) is 1.88. The van der Waals surface area contributed by atoms with Gasteiger partial charge in [0, 0.05) is 6.07 Å². The van der Waals surface area contributed by atoms with Crippen molar-refractivity contribution < 1.29 is 22.4 Å². The van der Waals surface area contributed by atoms with Crippen molar-refractivity contribution in [3.8, 4) is 5.75 Å². The standard InChI is InChI=1S/C19H18N2O5S/c1-13-5-8-15(9-6-13)27(23,24)21-14-7-10-16(18(12-14)25-2)20-19(22)17-4-3-11-26-17/h3-12,21H,1-2H3,(H,20,22). The summed E-state index contributed by atoms with van der Waals surface area (Å²) < 4.78 is 37.8. The maximum Gasteiger partial charge on any atom is 0.291 e. The van der Waals surface area contributed by atoms with E-state index in [9.17, 15) is 13.2 Å². The molecule has 0 aliphatic carbocycles. The van der Waals surface area contributed by atoms with Gasteiger partial charge in [0.25, 0.3) is 15.9 Å². The van der Waals surface area contributed by atoms with Crippen LogP contribution < -0.4 is 14.8 Å². The number of aryl methyl sites for hydroxylation is 1. The van der Waals surface area contributed by atoms with E-state index in [1.165, 1.54) is 43.7 Å². The van der Waals surface area contributed by atoms with Crippen LogP contribution in [0.4, 0.5) is 11.4 Å². The molecule has 0 aliphatic rings. The van der Waals surface area contributed by atoms with Crippen molar-refractivity contribution in [2.24, 2.45) is 0 Å². The minimum Gasteiger partial charge on any atom is -0.494 e. The van der Waals surface area contributed by atoms with Gasteiger partial charge in [-0.05, 0) is 43.3 Å². The molecule has 0 aliphatic heterocycles. The van der Waals surface area contributed by atoms with Crippen LogP contribution in [-0.2, 0) is 10.0 Å². The van der Waals surface area contributed by atoms with E-state index < -0.39 is 15.9 Å². The minimum absolute atomic E-state index is 0.154. The van der Waals surface area contributed by atoms with Gasteiger partial charge in [-0.25, -0.2) is 8.42 Å². The number of sulfonamides is 1. The highest BCUT2D eigenvalue weighted by Gasteiger charge is 2.16. The SMILES string of the molecule is COc1cc(NS(=O)(=O)c2ccc(C)cc2)ccc1NC(=O)c1ccco1. The van der Waals surface area contributed by atoms with Crippen molar-refractivity contribution in [1.29, 1.82) is 0 Å². The van der Waals surface area contributed by atoms with E-state index in [2.05, 4.69) is 10.0 Å². The fourth-order valence-corrected chi connectivity index (χ4v) is 3.43. The molecule has 3 rings (SSSR count). The van der Waals surface area contributed by atoms with Gasteiger partial charge in [-0.1, -0.05) is 17.7 Å². The summed E-state index contributed by atoms with van der Waals surface area (Å²) in [4.78, 5) is 12.3. The summed E-state index contributed by atoms with van der Waals surface area (Å²) in [6, 6.07) is 14.2. The van der Waals surface area contributed by atoms with Crippen LogP contribution in [0.5, 0.6) is 5.75 Å². The number of amides is 1. The molecular formula is C19H18N2O5S. The molecule has 27 heavy (non-hydrogen) atoms. The first-order chi connectivity index (χ1) is 12.9. The van der Waals surface area contributed by atoms with E-state index >= 15 is 0 Å². The zero-order valence-electron chi connectivity index (χ0n) is 14.7. The zero-order valence-corrected chi connectivity index (χ0v) is 15.5. The number of nitrogens with one attached hydrogen (secondary N) is 2. The second-order valence-corrected chi connectivity index (χ2v) is 7.45. The molecule has 0 saturated carbocycles. The first-order valence-electron chi connectivity index (χ1n) is 8.01. The molecule has 2 N–H and O–H groups in total. The molecule has 1 aromatic heterocycles. The van der Waals surface area contributed by atoms with Crippen LogP contribution in [0, 0.1) is 6.92 Å². The van der Waals surface area contributed by atoms with Crippen LogP contribution in [0.25, 0.3) is 0 Å². The molecule has 1 amide bonds. The number of carbonyl (C=O) groups is 1. The number of hydrogen-bond acceptors (Lipinski definition) is 5. The average molecular weight is 386 g/mol. The van der Waals surface area contributed by atoms with Gasteiger partial charge < -0.3 is 14.5 Å². The number of furan rings is 1. The predicted octanol–water partition coefficient (Wildman–Crippen LogP) is 3.65. The quantitative estimate of drug-likeness (QED) is 0.674. The van der Waals surface area contributed by atoms with Gasteiger partial charge >= 0.3 is 0 Å². The molecule has 0 fully saturated rings. The Labute approximate surface area is 157 Å². The second kappa shape index (κ2) is 7.55. The molecule has 7 nitrogen and oxygen atoms in total. The molecule has 0 bridgehead atoms. The molecule has 0 spiro atoms. The summed E-state index contributed by atoms with van der Waals surface area (Å²) in [5, 5.41) is 2.66. The van der Waals surface area contributed by atoms with Gasteiger partial charge in [-0.15, -0.1) is 0 Å². The number of carbonyl (C=O) groups excluding carboxylic acids is 1. The Kier molecular flexibility index (Phi) is 5.18. The molecule has 3 aromatic rings. The minimum atomic E-state index is -3.73. The monoisotopic (exact) mass is 386 g/mol. The van der Waals surface area contributed by atoms with Gasteiger partial charge in [-0.2, -0.15) is 0 Å². The normalized spacial score (nSPS) is 11.0. The van der Waals surface area contributed by atoms with Crippen LogP contribution >= 0.6 is 0 Å². The zero-order chi connectivity index (χ0) is 19.4. The Morgan fingerprint density at radius 3 is 2.44 bits per heavy atom. The van der Waals surface area contributed by atoms with Gasteiger partial charge in [0.15, 0.2) is 5.76 Å². The molecule has 0 unspecified atom stereocenters. The van der Waals surface area contributed by atoms with Crippen LogP contribution in [-0.4, -0.2) is 21.4 Å². The molecule has 0 atom stereocenters. The highest BCUT2D eigenvalue weighted by atomic mass is 32.2. The Morgan fingerprint density at radius 1 is 1.07 bits per heavy atom. The maximum absolute atomic E-state index is 12.5. The van der Waals surface area contributed by atoms with Crippen LogP contribution in [0.3, 0.4) is 0 Å². The second-order valence-electron chi connectivity index (χ2n) is 5.77. The Bertz CT molecular complexity index is 1040.